The van der Waals surface area contributed by atoms with Gasteiger partial charge in [0, 0.05) is 14.1 Å². The molecule has 0 aromatic heterocycles. The van der Waals surface area contributed by atoms with Crippen molar-refractivity contribution in [2.24, 2.45) is 5.84 Å². The molecule has 0 aliphatic carbocycles. The predicted octanol–water partition coefficient (Wildman–Crippen LogP) is -1.20. The van der Waals surface area contributed by atoms with Gasteiger partial charge in [-0.25, -0.2) is 11.3 Å². The number of thiocarbonyl (C=S) groups is 1. The van der Waals surface area contributed by atoms with Crippen molar-refractivity contribution in [3.8, 4) is 0 Å². The van der Waals surface area contributed by atoms with E-state index in [9.17, 15) is 0 Å². The van der Waals surface area contributed by atoms with Crippen LogP contribution in [-0.2, 0) is 0 Å². The minimum absolute atomic E-state index is 0.465. The fourth-order valence-corrected chi connectivity index (χ4v) is 0.290. The molecule has 4 N–H and O–H groups in total. The summed E-state index contributed by atoms with van der Waals surface area (Å²) in [6, 6.07) is 0. The Morgan fingerprint density at radius 3 is 2.38 bits per heavy atom. The van der Waals surface area contributed by atoms with Gasteiger partial charge in [-0.1, -0.05) is 0 Å². The third-order valence-corrected chi connectivity index (χ3v) is 1.16. The Morgan fingerprint density at radius 2 is 2.25 bits per heavy atom. The van der Waals surface area contributed by atoms with Gasteiger partial charge in [0.05, 0.1) is 0 Å². The van der Waals surface area contributed by atoms with Gasteiger partial charge in [-0.15, -0.1) is 0 Å². The van der Waals surface area contributed by atoms with Crippen molar-refractivity contribution in [3.63, 3.8) is 0 Å². The summed E-state index contributed by atoms with van der Waals surface area (Å²) in [6.07, 6.45) is 0. The normalized spacial score (nSPS) is 8.38. The second-order valence-corrected chi connectivity index (χ2v) is 1.62. The summed E-state index contributed by atoms with van der Waals surface area (Å²) in [5.74, 6) is 4.98. The molecule has 0 spiro atoms. The highest BCUT2D eigenvalue weighted by molar-refractivity contribution is 7.80. The highest BCUT2D eigenvalue weighted by Gasteiger charge is 1.94. The summed E-state index contributed by atoms with van der Waals surface area (Å²) in [6.45, 7) is 0. The molecule has 5 heteroatoms. The Hall–Kier alpha value is -0.390. The van der Waals surface area contributed by atoms with Gasteiger partial charge in [0.1, 0.15) is 0 Å². The molecule has 0 unspecified atom stereocenters. The van der Waals surface area contributed by atoms with Gasteiger partial charge in [0.15, 0.2) is 5.11 Å². The van der Waals surface area contributed by atoms with E-state index in [1.165, 1.54) is 0 Å². The van der Waals surface area contributed by atoms with E-state index in [0.29, 0.717) is 5.11 Å². The van der Waals surface area contributed by atoms with Gasteiger partial charge in [-0.2, -0.15) is 0 Å². The van der Waals surface area contributed by atoms with E-state index in [1.807, 2.05) is 0 Å². The van der Waals surface area contributed by atoms with E-state index in [0.717, 1.165) is 0 Å². The number of hydrogen-bond donors (Lipinski definition) is 3. The topological polar surface area (TPSA) is 53.3 Å². The van der Waals surface area contributed by atoms with Crippen molar-refractivity contribution in [2.75, 3.05) is 14.1 Å². The Morgan fingerprint density at radius 1 is 1.75 bits per heavy atom. The molecule has 4 nitrogen and oxygen atoms in total. The number of nitrogens with one attached hydrogen (secondary N) is 2. The Labute approximate surface area is 54.0 Å². The van der Waals surface area contributed by atoms with Crippen LogP contribution in [0, 0.1) is 0 Å². The summed E-state index contributed by atoms with van der Waals surface area (Å²) >= 11 is 4.70. The van der Waals surface area contributed by atoms with Gasteiger partial charge in [0.2, 0.25) is 0 Å². The SMILES string of the molecule is CNN(C)C(=S)NN. The van der Waals surface area contributed by atoms with Crippen LogP contribution in [0.25, 0.3) is 0 Å². The van der Waals surface area contributed by atoms with Gasteiger partial charge < -0.3 is 0 Å². The van der Waals surface area contributed by atoms with Crippen molar-refractivity contribution in [1.82, 2.24) is 15.9 Å². The highest BCUT2D eigenvalue weighted by atomic mass is 32.1. The lowest BCUT2D eigenvalue weighted by atomic mass is 11.0. The van der Waals surface area contributed by atoms with Crippen LogP contribution < -0.4 is 16.7 Å². The van der Waals surface area contributed by atoms with Crippen LogP contribution in [-0.4, -0.2) is 24.2 Å². The molecular formula is C3H10N4S. The van der Waals surface area contributed by atoms with E-state index < -0.39 is 0 Å². The monoisotopic (exact) mass is 134 g/mol. The van der Waals surface area contributed by atoms with Crippen LogP contribution >= 0.6 is 12.2 Å². The lowest BCUT2D eigenvalue weighted by Gasteiger charge is -2.16. The average molecular weight is 134 g/mol. The molecule has 0 amide bonds. The van der Waals surface area contributed by atoms with Crippen LogP contribution in [0.1, 0.15) is 0 Å². The summed E-state index contributed by atoms with van der Waals surface area (Å²) in [5.41, 5.74) is 5.08. The van der Waals surface area contributed by atoms with E-state index in [2.05, 4.69) is 10.9 Å². The Kier molecular flexibility index (Phi) is 3.42. The number of hydrazine groups is 2. The molecule has 0 atom stereocenters. The maximum absolute atomic E-state index is 4.98. The van der Waals surface area contributed by atoms with Crippen LogP contribution in [0.15, 0.2) is 0 Å². The summed E-state index contributed by atoms with van der Waals surface area (Å²) < 4.78 is 0. The minimum Gasteiger partial charge on any atom is -0.300 e. The van der Waals surface area contributed by atoms with Gasteiger partial charge >= 0.3 is 0 Å². The number of nitrogens with two attached hydrogens (primary N) is 1. The zero-order valence-corrected chi connectivity index (χ0v) is 5.75. The Bertz CT molecular complexity index is 83.4. The van der Waals surface area contributed by atoms with Crippen molar-refractivity contribution < 1.29 is 0 Å². The fraction of sp³-hybridized carbons (Fsp3) is 0.667. The molecular weight excluding hydrogens is 124 g/mol. The fourth-order valence-electron chi connectivity index (χ4n) is 0.198. The molecule has 0 heterocycles. The van der Waals surface area contributed by atoms with Crippen molar-refractivity contribution in [1.29, 1.82) is 0 Å². The van der Waals surface area contributed by atoms with Crippen LogP contribution in [0.3, 0.4) is 0 Å². The summed E-state index contributed by atoms with van der Waals surface area (Å²) in [4.78, 5) is 0. The summed E-state index contributed by atoms with van der Waals surface area (Å²) in [7, 11) is 3.52. The van der Waals surface area contributed by atoms with E-state index >= 15 is 0 Å². The maximum atomic E-state index is 4.98. The zero-order valence-electron chi connectivity index (χ0n) is 4.93. The molecule has 48 valence electrons. The van der Waals surface area contributed by atoms with Gasteiger partial charge in [0.25, 0.3) is 0 Å². The molecule has 0 aliphatic heterocycles. The molecule has 0 saturated carbocycles. The molecule has 0 aromatic carbocycles. The van der Waals surface area contributed by atoms with Crippen molar-refractivity contribution in [2.45, 2.75) is 0 Å². The first-order chi connectivity index (χ1) is 3.72. The van der Waals surface area contributed by atoms with E-state index in [4.69, 9.17) is 18.1 Å². The Balaban J connectivity index is 3.46. The van der Waals surface area contributed by atoms with E-state index in [1.54, 1.807) is 19.1 Å². The molecule has 0 radical (unpaired) electrons. The average Bonchev–Trinajstić information content (AvgIpc) is 1.84. The molecule has 0 saturated heterocycles. The number of rotatable bonds is 1. The summed E-state index contributed by atoms with van der Waals surface area (Å²) in [5, 5.41) is 2.06. The molecule has 0 aromatic rings. The smallest absolute Gasteiger partial charge is 0.197 e. The predicted molar refractivity (Wildman–Crippen MR) is 36.7 cm³/mol. The largest absolute Gasteiger partial charge is 0.300 e. The molecule has 0 rings (SSSR count). The van der Waals surface area contributed by atoms with E-state index in [-0.39, 0.29) is 0 Å². The minimum atomic E-state index is 0.465. The van der Waals surface area contributed by atoms with Crippen molar-refractivity contribution in [3.05, 3.63) is 0 Å². The van der Waals surface area contributed by atoms with Crippen molar-refractivity contribution >= 4 is 17.3 Å². The van der Waals surface area contributed by atoms with Gasteiger partial charge in [-0.05, 0) is 12.2 Å². The second-order valence-electron chi connectivity index (χ2n) is 1.23. The second kappa shape index (κ2) is 3.59. The van der Waals surface area contributed by atoms with Crippen LogP contribution in [0.5, 0.6) is 0 Å². The van der Waals surface area contributed by atoms with Crippen LogP contribution in [0.4, 0.5) is 0 Å². The quantitative estimate of drug-likeness (QED) is 0.239. The first-order valence-electron chi connectivity index (χ1n) is 2.14. The lowest BCUT2D eigenvalue weighted by Crippen LogP contribution is -2.46. The number of hydrogen-bond acceptors (Lipinski definition) is 3. The highest BCUT2D eigenvalue weighted by Crippen LogP contribution is 1.71. The zero-order chi connectivity index (χ0) is 6.57. The molecule has 0 bridgehead atoms. The number of nitrogens with zero attached hydrogens (tertiary/aromatic N) is 1. The molecule has 8 heavy (non-hydrogen) atoms. The van der Waals surface area contributed by atoms with Crippen LogP contribution in [0.2, 0.25) is 0 Å². The first kappa shape index (κ1) is 7.61. The third kappa shape index (κ3) is 2.06. The molecule has 0 fully saturated rings. The lowest BCUT2D eigenvalue weighted by molar-refractivity contribution is 0.403. The standard InChI is InChI=1S/C3H10N4S/c1-5-7(2)3(8)6-4/h5H,4H2,1-2H3,(H,6,8). The molecule has 0 aliphatic rings. The van der Waals surface area contributed by atoms with Gasteiger partial charge in [-0.3, -0.25) is 10.4 Å². The first-order valence-corrected chi connectivity index (χ1v) is 2.55. The third-order valence-electron chi connectivity index (χ3n) is 0.764. The maximum Gasteiger partial charge on any atom is 0.197 e.